The van der Waals surface area contributed by atoms with Crippen LogP contribution in [0.1, 0.15) is 60.5 Å². The first-order valence-corrected chi connectivity index (χ1v) is 9.29. The molecule has 1 aromatic carbocycles. The van der Waals surface area contributed by atoms with Crippen LogP contribution in [0.5, 0.6) is 0 Å². The lowest BCUT2D eigenvalue weighted by Crippen LogP contribution is -2.37. The van der Waals surface area contributed by atoms with E-state index < -0.39 is 15.1 Å². The molecule has 21 heavy (non-hydrogen) atoms. The number of rotatable bonds is 4. The van der Waals surface area contributed by atoms with Crippen molar-refractivity contribution in [3.63, 3.8) is 0 Å². The van der Waals surface area contributed by atoms with Gasteiger partial charge in [0.05, 0.1) is 5.25 Å². The van der Waals surface area contributed by atoms with E-state index in [-0.39, 0.29) is 11.0 Å². The predicted molar refractivity (Wildman–Crippen MR) is 85.5 cm³/mol. The van der Waals surface area contributed by atoms with Gasteiger partial charge in [-0.05, 0) is 45.2 Å². The van der Waals surface area contributed by atoms with Gasteiger partial charge >= 0.3 is 0 Å². The van der Waals surface area contributed by atoms with E-state index in [2.05, 4.69) is 0 Å². The van der Waals surface area contributed by atoms with E-state index in [0.717, 1.165) is 30.4 Å². The molecule has 1 aliphatic carbocycles. The highest BCUT2D eigenvalue weighted by molar-refractivity contribution is 7.93. The molecule has 0 bridgehead atoms. The number of carbonyl (C=O) groups is 1. The van der Waals surface area contributed by atoms with Crippen LogP contribution in [0.2, 0.25) is 0 Å². The number of benzene rings is 1. The van der Waals surface area contributed by atoms with Crippen LogP contribution in [0.3, 0.4) is 0 Å². The molecule has 2 rings (SSSR count). The lowest BCUT2D eigenvalue weighted by Gasteiger charge is -2.25. The fourth-order valence-electron chi connectivity index (χ4n) is 3.05. The maximum atomic E-state index is 12.7. The van der Waals surface area contributed by atoms with E-state index >= 15 is 0 Å². The summed E-state index contributed by atoms with van der Waals surface area (Å²) in [7, 11) is -3.39. The van der Waals surface area contributed by atoms with Gasteiger partial charge in [0.1, 0.15) is 5.25 Å². The van der Waals surface area contributed by atoms with Crippen molar-refractivity contribution in [3.05, 3.63) is 34.9 Å². The van der Waals surface area contributed by atoms with Gasteiger partial charge in [-0.25, -0.2) is 8.42 Å². The molecule has 3 nitrogen and oxygen atoms in total. The SMILES string of the molecule is Cc1ccc(C)c(C(=O)C(C)S(=O)(=O)C2CCCCC2)c1. The summed E-state index contributed by atoms with van der Waals surface area (Å²) < 4.78 is 25.4. The molecule has 0 radical (unpaired) electrons. The van der Waals surface area contributed by atoms with E-state index in [4.69, 9.17) is 0 Å². The molecule has 1 aliphatic rings. The first kappa shape index (κ1) is 16.2. The summed E-state index contributed by atoms with van der Waals surface area (Å²) in [5.74, 6) is -0.262. The topological polar surface area (TPSA) is 51.2 Å². The van der Waals surface area contributed by atoms with Gasteiger partial charge in [0, 0.05) is 5.56 Å². The number of hydrogen-bond donors (Lipinski definition) is 0. The number of carbonyl (C=O) groups excluding carboxylic acids is 1. The summed E-state index contributed by atoms with van der Waals surface area (Å²) in [5.41, 5.74) is 2.37. The highest BCUT2D eigenvalue weighted by Gasteiger charge is 2.36. The van der Waals surface area contributed by atoms with Crippen LogP contribution in [0, 0.1) is 13.8 Å². The molecule has 4 heteroatoms. The van der Waals surface area contributed by atoms with Crippen molar-refractivity contribution in [2.24, 2.45) is 0 Å². The Morgan fingerprint density at radius 1 is 1.14 bits per heavy atom. The van der Waals surface area contributed by atoms with Crippen molar-refractivity contribution < 1.29 is 13.2 Å². The van der Waals surface area contributed by atoms with Gasteiger partial charge in [-0.1, -0.05) is 37.0 Å². The van der Waals surface area contributed by atoms with Gasteiger partial charge in [-0.3, -0.25) is 4.79 Å². The molecular weight excluding hydrogens is 284 g/mol. The number of sulfone groups is 1. The van der Waals surface area contributed by atoms with Crippen LogP contribution < -0.4 is 0 Å². The molecule has 0 N–H and O–H groups in total. The second kappa shape index (κ2) is 6.30. The van der Waals surface area contributed by atoms with Crippen LogP contribution in [0.15, 0.2) is 18.2 Å². The monoisotopic (exact) mass is 308 g/mol. The lowest BCUT2D eigenvalue weighted by atomic mass is 10.00. The summed E-state index contributed by atoms with van der Waals surface area (Å²) in [4.78, 5) is 12.6. The van der Waals surface area contributed by atoms with Crippen molar-refractivity contribution in [1.82, 2.24) is 0 Å². The Morgan fingerprint density at radius 2 is 1.76 bits per heavy atom. The Kier molecular flexibility index (Phi) is 4.87. The average Bonchev–Trinajstić information content (AvgIpc) is 2.49. The number of aryl methyl sites for hydroxylation is 2. The summed E-state index contributed by atoms with van der Waals surface area (Å²) in [6, 6.07) is 5.61. The highest BCUT2D eigenvalue weighted by atomic mass is 32.2. The van der Waals surface area contributed by atoms with Gasteiger partial charge < -0.3 is 0 Å². The van der Waals surface area contributed by atoms with Crippen LogP contribution >= 0.6 is 0 Å². The molecule has 1 saturated carbocycles. The van der Waals surface area contributed by atoms with Crippen molar-refractivity contribution in [3.8, 4) is 0 Å². The van der Waals surface area contributed by atoms with Gasteiger partial charge in [0.15, 0.2) is 15.6 Å². The van der Waals surface area contributed by atoms with Gasteiger partial charge in [0.2, 0.25) is 0 Å². The van der Waals surface area contributed by atoms with E-state index in [9.17, 15) is 13.2 Å². The molecule has 0 aliphatic heterocycles. The molecule has 0 saturated heterocycles. The minimum Gasteiger partial charge on any atom is -0.293 e. The van der Waals surface area contributed by atoms with Crippen LogP contribution in [-0.4, -0.2) is 24.7 Å². The number of ketones is 1. The standard InChI is InChI=1S/C17H24O3S/c1-12-9-10-13(2)16(11-12)17(18)14(3)21(19,20)15-7-5-4-6-8-15/h9-11,14-15H,4-8H2,1-3H3. The Balaban J connectivity index is 2.27. The largest absolute Gasteiger partial charge is 0.293 e. The second-order valence-corrected chi connectivity index (χ2v) is 8.73. The maximum Gasteiger partial charge on any atom is 0.180 e. The molecule has 1 fully saturated rings. The summed E-state index contributed by atoms with van der Waals surface area (Å²) in [5, 5.41) is -1.28. The molecule has 0 spiro atoms. The molecule has 0 amide bonds. The van der Waals surface area contributed by atoms with Crippen LogP contribution in [0.25, 0.3) is 0 Å². The third-order valence-corrected chi connectivity index (χ3v) is 7.14. The third kappa shape index (κ3) is 3.37. The Morgan fingerprint density at radius 3 is 2.38 bits per heavy atom. The summed E-state index contributed by atoms with van der Waals surface area (Å²) >= 11 is 0. The predicted octanol–water partition coefficient (Wildman–Crippen LogP) is 3.62. The Hall–Kier alpha value is -1.16. The normalized spacial score (nSPS) is 18.4. The number of Topliss-reactive ketones (excluding diaryl/α,β-unsaturated/α-hetero) is 1. The van der Waals surface area contributed by atoms with E-state index in [1.807, 2.05) is 26.0 Å². The Labute approximate surface area is 127 Å². The van der Waals surface area contributed by atoms with Gasteiger partial charge in [0.25, 0.3) is 0 Å². The first-order chi connectivity index (χ1) is 9.84. The first-order valence-electron chi connectivity index (χ1n) is 7.68. The maximum absolute atomic E-state index is 12.7. The molecule has 1 atom stereocenters. The van der Waals surface area contributed by atoms with Gasteiger partial charge in [-0.2, -0.15) is 0 Å². The number of hydrogen-bond acceptors (Lipinski definition) is 3. The molecule has 116 valence electrons. The molecule has 1 aromatic rings. The van der Waals surface area contributed by atoms with E-state index in [1.165, 1.54) is 0 Å². The van der Waals surface area contributed by atoms with Crippen molar-refractivity contribution in [1.29, 1.82) is 0 Å². The summed E-state index contributed by atoms with van der Waals surface area (Å²) in [6.07, 6.45) is 4.41. The fourth-order valence-corrected chi connectivity index (χ4v) is 5.04. The smallest absolute Gasteiger partial charge is 0.180 e. The van der Waals surface area contributed by atoms with Crippen LogP contribution in [-0.2, 0) is 9.84 Å². The Bertz CT molecular complexity index is 625. The molecular formula is C17H24O3S. The van der Waals surface area contributed by atoms with Gasteiger partial charge in [-0.15, -0.1) is 0 Å². The summed E-state index contributed by atoms with van der Waals surface area (Å²) in [6.45, 7) is 5.32. The van der Waals surface area contributed by atoms with Crippen LogP contribution in [0.4, 0.5) is 0 Å². The minimum atomic E-state index is -3.39. The van der Waals surface area contributed by atoms with E-state index in [1.54, 1.807) is 13.0 Å². The second-order valence-electron chi connectivity index (χ2n) is 6.17. The molecule has 0 aromatic heterocycles. The van der Waals surface area contributed by atoms with Crippen molar-refractivity contribution in [2.75, 3.05) is 0 Å². The lowest BCUT2D eigenvalue weighted by molar-refractivity contribution is 0.0990. The quantitative estimate of drug-likeness (QED) is 0.798. The third-order valence-electron chi connectivity index (χ3n) is 4.54. The highest BCUT2D eigenvalue weighted by Crippen LogP contribution is 2.28. The molecule has 1 unspecified atom stereocenters. The van der Waals surface area contributed by atoms with Crippen molar-refractivity contribution >= 4 is 15.6 Å². The fraction of sp³-hybridized carbons (Fsp3) is 0.588. The average molecular weight is 308 g/mol. The van der Waals surface area contributed by atoms with E-state index in [0.29, 0.717) is 18.4 Å². The zero-order chi connectivity index (χ0) is 15.6. The zero-order valence-corrected chi connectivity index (χ0v) is 13.9. The van der Waals surface area contributed by atoms with Crippen molar-refractivity contribution in [2.45, 2.75) is 63.4 Å². The molecule has 0 heterocycles. The minimum absolute atomic E-state index is 0.262. The zero-order valence-electron chi connectivity index (χ0n) is 13.1.